The van der Waals surface area contributed by atoms with Crippen LogP contribution in [0.4, 0.5) is 0 Å². The van der Waals surface area contributed by atoms with Gasteiger partial charge in [-0.15, -0.1) is 0 Å². The number of guanidine groups is 1. The van der Waals surface area contributed by atoms with E-state index in [1.165, 1.54) is 0 Å². The van der Waals surface area contributed by atoms with Gasteiger partial charge in [0.25, 0.3) is 0 Å². The average molecular weight is 460 g/mol. The molecular weight excluding hydrogens is 433 g/mol. The summed E-state index contributed by atoms with van der Waals surface area (Å²) >= 11 is 13.0. The molecule has 0 aromatic heterocycles. The normalized spacial score (nSPS) is 29.1. The van der Waals surface area contributed by atoms with Gasteiger partial charge in [0.1, 0.15) is 0 Å². The highest BCUT2D eigenvalue weighted by Crippen LogP contribution is 2.42. The van der Waals surface area contributed by atoms with Gasteiger partial charge in [0, 0.05) is 16.6 Å². The number of halogens is 2. The molecule has 0 saturated heterocycles. The van der Waals surface area contributed by atoms with E-state index in [0.717, 1.165) is 23.1 Å². The van der Waals surface area contributed by atoms with Gasteiger partial charge in [0.15, 0.2) is 5.96 Å². The van der Waals surface area contributed by atoms with E-state index >= 15 is 0 Å². The van der Waals surface area contributed by atoms with Gasteiger partial charge < -0.3 is 10.8 Å². The summed E-state index contributed by atoms with van der Waals surface area (Å²) in [6.07, 6.45) is 1.95. The zero-order chi connectivity index (χ0) is 22.3. The van der Waals surface area contributed by atoms with Crippen molar-refractivity contribution in [1.82, 2.24) is 4.90 Å². The van der Waals surface area contributed by atoms with E-state index in [2.05, 4.69) is 0 Å². The number of aliphatic imine (C=N–C) groups is 1. The van der Waals surface area contributed by atoms with Crippen molar-refractivity contribution in [2.75, 3.05) is 0 Å². The first-order chi connectivity index (χ1) is 14.7. The van der Waals surface area contributed by atoms with Crippen LogP contribution in [0.3, 0.4) is 0 Å². The first-order valence-electron chi connectivity index (χ1n) is 10.6. The minimum atomic E-state index is -0.858. The minimum absolute atomic E-state index is 0.0348. The van der Waals surface area contributed by atoms with Crippen molar-refractivity contribution in [2.24, 2.45) is 16.6 Å². The molecule has 164 valence electrons. The third-order valence-electron chi connectivity index (χ3n) is 6.55. The van der Waals surface area contributed by atoms with E-state index in [-0.39, 0.29) is 36.4 Å². The van der Waals surface area contributed by atoms with Gasteiger partial charge in [0.05, 0.1) is 23.1 Å². The molecule has 0 unspecified atom stereocenters. The molecule has 2 aromatic rings. The van der Waals surface area contributed by atoms with Crippen LogP contribution in [0.2, 0.25) is 10.0 Å². The van der Waals surface area contributed by atoms with Crippen LogP contribution in [-0.2, 0) is 10.3 Å². The number of hydrogen-bond acceptors (Lipinski definition) is 4. The Balaban J connectivity index is 1.69. The van der Waals surface area contributed by atoms with Crippen LogP contribution in [0, 0.1) is 5.92 Å². The van der Waals surface area contributed by atoms with Crippen LogP contribution in [0.1, 0.15) is 45.1 Å². The van der Waals surface area contributed by atoms with Crippen molar-refractivity contribution in [2.45, 2.75) is 57.2 Å². The fraction of sp³-hybridized carbons (Fsp3) is 0.417. The summed E-state index contributed by atoms with van der Waals surface area (Å²) in [6.45, 7) is 3.90. The Kier molecular flexibility index (Phi) is 6.03. The Bertz CT molecular complexity index is 1040. The van der Waals surface area contributed by atoms with E-state index in [1.807, 2.05) is 56.3 Å². The van der Waals surface area contributed by atoms with Crippen molar-refractivity contribution in [3.05, 3.63) is 58.1 Å². The summed E-state index contributed by atoms with van der Waals surface area (Å²) in [5, 5.41) is 11.2. The zero-order valence-corrected chi connectivity index (χ0v) is 19.2. The number of benzene rings is 2. The molecule has 2 aliphatic rings. The van der Waals surface area contributed by atoms with Crippen LogP contribution in [0.5, 0.6) is 0 Å². The van der Waals surface area contributed by atoms with Crippen LogP contribution in [0.15, 0.2) is 47.5 Å². The monoisotopic (exact) mass is 459 g/mol. The van der Waals surface area contributed by atoms with Crippen molar-refractivity contribution < 1.29 is 9.90 Å². The fourth-order valence-electron chi connectivity index (χ4n) is 4.81. The number of aliphatic hydroxyl groups excluding tert-OH is 1. The fourth-order valence-corrected chi connectivity index (χ4v) is 5.44. The minimum Gasteiger partial charge on any atom is -0.393 e. The number of amides is 1. The highest BCUT2D eigenvalue weighted by Gasteiger charge is 2.42. The molecule has 0 radical (unpaired) electrons. The molecule has 0 bridgehead atoms. The lowest BCUT2D eigenvalue weighted by atomic mass is 9.82. The van der Waals surface area contributed by atoms with Crippen LogP contribution >= 0.6 is 23.2 Å². The first kappa shape index (κ1) is 22.1. The Morgan fingerprint density at radius 2 is 1.94 bits per heavy atom. The predicted octanol–water partition coefficient (Wildman–Crippen LogP) is 4.97. The highest BCUT2D eigenvalue weighted by atomic mass is 35.5. The van der Waals surface area contributed by atoms with Gasteiger partial charge in [-0.3, -0.25) is 9.69 Å². The summed E-state index contributed by atoms with van der Waals surface area (Å²) in [6, 6.07) is 13.2. The highest BCUT2D eigenvalue weighted by molar-refractivity contribution is 6.34. The van der Waals surface area contributed by atoms with Gasteiger partial charge >= 0.3 is 0 Å². The number of rotatable bonds is 3. The number of carbonyl (C=O) groups is 1. The maximum atomic E-state index is 13.2. The van der Waals surface area contributed by atoms with Crippen LogP contribution in [-0.4, -0.2) is 34.0 Å². The summed E-state index contributed by atoms with van der Waals surface area (Å²) in [5.74, 6) is 0.279. The lowest BCUT2D eigenvalue weighted by Gasteiger charge is -2.42. The summed E-state index contributed by atoms with van der Waals surface area (Å²) in [4.78, 5) is 19.6. The maximum Gasteiger partial charge on any atom is 0.232 e. The number of nitrogens with two attached hydrogens (primary N) is 1. The van der Waals surface area contributed by atoms with E-state index in [9.17, 15) is 9.90 Å². The quantitative estimate of drug-likeness (QED) is 0.679. The second kappa shape index (κ2) is 8.45. The molecule has 1 heterocycles. The summed E-state index contributed by atoms with van der Waals surface area (Å²) in [7, 11) is 0. The Morgan fingerprint density at radius 3 is 2.61 bits per heavy atom. The van der Waals surface area contributed by atoms with Gasteiger partial charge in [-0.25, -0.2) is 4.99 Å². The molecule has 1 saturated carbocycles. The topological polar surface area (TPSA) is 78.9 Å². The Morgan fingerprint density at radius 1 is 1.19 bits per heavy atom. The molecule has 1 aliphatic heterocycles. The van der Waals surface area contributed by atoms with Gasteiger partial charge in [-0.1, -0.05) is 60.5 Å². The maximum absolute atomic E-state index is 13.2. The molecule has 4 rings (SSSR count). The summed E-state index contributed by atoms with van der Waals surface area (Å²) < 4.78 is 0. The number of carbonyl (C=O) groups excluding carboxylic acids is 1. The standard InChI is InChI=1S/C24H27Cl2N3O2/c1-14-11-17(9-10-20(14)30)29-21(31)13-24(2,28-23(29)27)19-8-4-7-18(22(19)26)15-5-3-6-16(25)12-15/h3-8,12,14,17,20,30H,9-11,13H2,1-2H3,(H2,27,28)/t14-,17-,20+,24+/m1/s1. The molecule has 5 nitrogen and oxygen atoms in total. The van der Waals surface area contributed by atoms with Crippen molar-refractivity contribution in [3.8, 4) is 11.1 Å². The van der Waals surface area contributed by atoms with E-state index in [1.54, 1.807) is 4.90 Å². The van der Waals surface area contributed by atoms with E-state index < -0.39 is 5.54 Å². The molecule has 2 aromatic carbocycles. The number of hydrogen-bond donors (Lipinski definition) is 2. The van der Waals surface area contributed by atoms with Gasteiger partial charge in [-0.2, -0.15) is 0 Å². The molecular formula is C24H27Cl2N3O2. The lowest BCUT2D eigenvalue weighted by Crippen LogP contribution is -2.56. The third-order valence-corrected chi connectivity index (χ3v) is 7.19. The van der Waals surface area contributed by atoms with Crippen molar-refractivity contribution in [1.29, 1.82) is 0 Å². The average Bonchev–Trinajstić information content (AvgIpc) is 2.70. The summed E-state index contributed by atoms with van der Waals surface area (Å²) in [5.41, 5.74) is 7.98. The Hall–Kier alpha value is -2.08. The van der Waals surface area contributed by atoms with E-state index in [0.29, 0.717) is 22.9 Å². The molecule has 1 amide bonds. The Labute approximate surface area is 192 Å². The largest absolute Gasteiger partial charge is 0.393 e. The molecule has 31 heavy (non-hydrogen) atoms. The van der Waals surface area contributed by atoms with Crippen molar-refractivity contribution >= 4 is 35.1 Å². The van der Waals surface area contributed by atoms with Crippen LogP contribution in [0.25, 0.3) is 11.1 Å². The van der Waals surface area contributed by atoms with Gasteiger partial charge in [-0.05, 0) is 55.4 Å². The number of aliphatic hydroxyl groups is 1. The molecule has 1 aliphatic carbocycles. The zero-order valence-electron chi connectivity index (χ0n) is 17.7. The molecule has 4 atom stereocenters. The molecule has 0 spiro atoms. The lowest BCUT2D eigenvalue weighted by molar-refractivity contribution is -0.132. The molecule has 7 heteroatoms. The second-order valence-corrected chi connectivity index (χ2v) is 9.69. The van der Waals surface area contributed by atoms with Crippen LogP contribution < -0.4 is 5.73 Å². The predicted molar refractivity (Wildman–Crippen MR) is 125 cm³/mol. The smallest absolute Gasteiger partial charge is 0.232 e. The second-order valence-electron chi connectivity index (χ2n) is 8.87. The molecule has 3 N–H and O–H groups in total. The number of nitrogens with zero attached hydrogens (tertiary/aromatic N) is 2. The van der Waals surface area contributed by atoms with Gasteiger partial charge in [0.2, 0.25) is 5.91 Å². The first-order valence-corrected chi connectivity index (χ1v) is 11.4. The van der Waals surface area contributed by atoms with Crippen molar-refractivity contribution in [3.63, 3.8) is 0 Å². The molecule has 1 fully saturated rings. The third kappa shape index (κ3) is 4.19. The van der Waals surface area contributed by atoms with E-state index in [4.69, 9.17) is 33.9 Å². The SMILES string of the molecule is C[C@@H]1C[C@H](N2C(=O)C[C@@](C)(c3cccc(-c4cccc(Cl)c4)c3Cl)N=C2N)CC[C@@H]1O.